The van der Waals surface area contributed by atoms with E-state index >= 15 is 0 Å². The van der Waals surface area contributed by atoms with Gasteiger partial charge in [-0.3, -0.25) is 14.4 Å². The number of nitrogens with zero attached hydrogens (tertiary/aromatic N) is 1. The molecule has 0 aliphatic rings. The third-order valence-corrected chi connectivity index (χ3v) is 3.94. The Hall–Kier alpha value is -2.43. The lowest BCUT2D eigenvalue weighted by Gasteiger charge is -2.20. The van der Waals surface area contributed by atoms with Crippen molar-refractivity contribution in [3.63, 3.8) is 0 Å². The second-order valence-electron chi connectivity index (χ2n) is 6.25. The van der Waals surface area contributed by atoms with Crippen LogP contribution in [-0.2, 0) is 14.3 Å². The molecule has 0 N–H and O–H groups in total. The van der Waals surface area contributed by atoms with E-state index in [2.05, 4.69) is 6.58 Å². The Balaban J connectivity index is 2.43. The van der Waals surface area contributed by atoms with Crippen LogP contribution < -0.4 is 0 Å². The Bertz CT molecular complexity index is 664. The first kappa shape index (κ1) is 20.6. The summed E-state index contributed by atoms with van der Waals surface area (Å²) >= 11 is 0. The Labute approximate surface area is 149 Å². The molecule has 0 aromatic heterocycles. The van der Waals surface area contributed by atoms with Crippen LogP contribution in [0.4, 0.5) is 0 Å². The number of carbonyl (C=O) groups is 3. The third kappa shape index (κ3) is 6.91. The van der Waals surface area contributed by atoms with Crippen molar-refractivity contribution in [1.82, 2.24) is 4.90 Å². The van der Waals surface area contributed by atoms with Crippen molar-refractivity contribution in [2.75, 3.05) is 19.7 Å². The van der Waals surface area contributed by atoms with Crippen LogP contribution in [0.25, 0.3) is 0 Å². The Morgan fingerprint density at radius 3 is 2.36 bits per heavy atom. The average Bonchev–Trinajstić information content (AvgIpc) is 2.57. The highest BCUT2D eigenvalue weighted by Crippen LogP contribution is 2.12. The van der Waals surface area contributed by atoms with E-state index in [0.717, 1.165) is 16.7 Å². The number of Topliss-reactive ketones (excluding diaryl/α,β-unsaturated/α-hetero) is 1. The molecule has 0 radical (unpaired) electrons. The third-order valence-electron chi connectivity index (χ3n) is 3.94. The van der Waals surface area contributed by atoms with Crippen LogP contribution >= 0.6 is 0 Å². The van der Waals surface area contributed by atoms with Gasteiger partial charge in [0.1, 0.15) is 0 Å². The highest BCUT2D eigenvalue weighted by Gasteiger charge is 2.15. The molecule has 0 aliphatic carbocycles. The number of rotatable bonds is 9. The maximum Gasteiger partial charge on any atom is 0.306 e. The monoisotopic (exact) mass is 345 g/mol. The lowest BCUT2D eigenvalue weighted by Crippen LogP contribution is -2.35. The van der Waals surface area contributed by atoms with Gasteiger partial charge in [-0.25, -0.2) is 0 Å². The molecule has 0 atom stereocenters. The Morgan fingerprint density at radius 2 is 1.80 bits per heavy atom. The molecular weight excluding hydrogens is 318 g/mol. The lowest BCUT2D eigenvalue weighted by atomic mass is 10.0. The second-order valence-corrected chi connectivity index (χ2v) is 6.25. The minimum absolute atomic E-state index is 0.0361. The summed E-state index contributed by atoms with van der Waals surface area (Å²) in [6, 6.07) is 5.47. The summed E-state index contributed by atoms with van der Waals surface area (Å²) in [5.41, 5.74) is 3.60. The fourth-order valence-corrected chi connectivity index (χ4v) is 2.28. The number of benzene rings is 1. The zero-order valence-corrected chi connectivity index (χ0v) is 15.6. The molecule has 0 fully saturated rings. The van der Waals surface area contributed by atoms with E-state index in [0.29, 0.717) is 18.7 Å². The van der Waals surface area contributed by atoms with Crippen molar-refractivity contribution < 1.29 is 19.1 Å². The van der Waals surface area contributed by atoms with E-state index < -0.39 is 5.97 Å². The van der Waals surface area contributed by atoms with Crippen LogP contribution in [0.3, 0.4) is 0 Å². The van der Waals surface area contributed by atoms with Crippen LogP contribution in [0.2, 0.25) is 0 Å². The molecule has 0 heterocycles. The van der Waals surface area contributed by atoms with Gasteiger partial charge in [0.25, 0.3) is 5.91 Å². The number of esters is 1. The zero-order valence-electron chi connectivity index (χ0n) is 15.6. The van der Waals surface area contributed by atoms with Gasteiger partial charge >= 0.3 is 5.97 Å². The van der Waals surface area contributed by atoms with Crippen LogP contribution in [0.15, 0.2) is 30.4 Å². The number of ether oxygens (including phenoxy) is 1. The number of ketones is 1. The summed E-state index contributed by atoms with van der Waals surface area (Å²) in [5, 5.41) is 0. The first-order chi connectivity index (χ1) is 11.7. The Kier molecular flexibility index (Phi) is 8.05. The van der Waals surface area contributed by atoms with Crippen LogP contribution in [0.1, 0.15) is 48.2 Å². The average molecular weight is 345 g/mol. The quantitative estimate of drug-likeness (QED) is 0.392. The van der Waals surface area contributed by atoms with Crippen molar-refractivity contribution in [2.24, 2.45) is 0 Å². The molecule has 5 heteroatoms. The summed E-state index contributed by atoms with van der Waals surface area (Å²) in [5.74, 6) is -0.917. The summed E-state index contributed by atoms with van der Waals surface area (Å²) in [6.07, 6.45) is 0.0322. The number of carbonyl (C=O) groups excluding carboxylic acids is 3. The van der Waals surface area contributed by atoms with Crippen LogP contribution in [-0.4, -0.2) is 42.3 Å². The second kappa shape index (κ2) is 9.77. The lowest BCUT2D eigenvalue weighted by molar-refractivity contribution is -0.151. The van der Waals surface area contributed by atoms with Gasteiger partial charge in [0, 0.05) is 25.1 Å². The molecule has 1 rings (SSSR count). The first-order valence-corrected chi connectivity index (χ1v) is 8.42. The molecule has 0 spiro atoms. The van der Waals surface area contributed by atoms with E-state index in [1.807, 2.05) is 39.8 Å². The van der Waals surface area contributed by atoms with Crippen LogP contribution in [0.5, 0.6) is 0 Å². The molecule has 25 heavy (non-hydrogen) atoms. The maximum atomic E-state index is 12.1. The summed E-state index contributed by atoms with van der Waals surface area (Å²) in [7, 11) is 0. The molecule has 0 aliphatic heterocycles. The predicted molar refractivity (Wildman–Crippen MR) is 97.5 cm³/mol. The molecule has 0 saturated heterocycles. The van der Waals surface area contributed by atoms with E-state index in [-0.39, 0.29) is 31.1 Å². The van der Waals surface area contributed by atoms with Crippen molar-refractivity contribution in [1.29, 1.82) is 0 Å². The minimum Gasteiger partial charge on any atom is -0.456 e. The molecule has 0 bridgehead atoms. The molecular formula is C20H27NO4. The number of aryl methyl sites for hydroxylation is 2. The zero-order chi connectivity index (χ0) is 19.0. The van der Waals surface area contributed by atoms with Gasteiger partial charge in [-0.1, -0.05) is 24.3 Å². The van der Waals surface area contributed by atoms with Gasteiger partial charge in [-0.2, -0.15) is 0 Å². The molecule has 136 valence electrons. The summed E-state index contributed by atoms with van der Waals surface area (Å²) in [6.45, 7) is 12.0. The van der Waals surface area contributed by atoms with Crippen molar-refractivity contribution in [3.05, 3.63) is 47.0 Å². The largest absolute Gasteiger partial charge is 0.456 e. The predicted octanol–water partition coefficient (Wildman–Crippen LogP) is 3.23. The standard InChI is InChI=1S/C20H27NO4/c1-6-21(12-14(2)3)19(23)13-25-20(24)10-9-18(22)17-8-7-15(4)16(5)11-17/h7-8,11H,2,6,9-10,12-13H2,1,3-5H3. The number of likely N-dealkylation sites (N-methyl/N-ethyl adjacent to an activating group) is 1. The molecule has 1 aromatic carbocycles. The first-order valence-electron chi connectivity index (χ1n) is 8.42. The van der Waals surface area contributed by atoms with Gasteiger partial charge in [-0.05, 0) is 44.9 Å². The number of hydrogen-bond donors (Lipinski definition) is 0. The topological polar surface area (TPSA) is 63.7 Å². The highest BCUT2D eigenvalue weighted by atomic mass is 16.5. The fraction of sp³-hybridized carbons (Fsp3) is 0.450. The summed E-state index contributed by atoms with van der Waals surface area (Å²) in [4.78, 5) is 37.5. The van der Waals surface area contributed by atoms with Crippen molar-refractivity contribution in [2.45, 2.75) is 40.5 Å². The van der Waals surface area contributed by atoms with Gasteiger partial charge in [0.15, 0.2) is 12.4 Å². The SMILES string of the molecule is C=C(C)CN(CC)C(=O)COC(=O)CCC(=O)c1ccc(C)c(C)c1. The van der Waals surface area contributed by atoms with E-state index in [9.17, 15) is 14.4 Å². The van der Waals surface area contributed by atoms with Crippen molar-refractivity contribution >= 4 is 17.7 Å². The van der Waals surface area contributed by atoms with Crippen LogP contribution in [0, 0.1) is 13.8 Å². The molecule has 0 saturated carbocycles. The fourth-order valence-electron chi connectivity index (χ4n) is 2.28. The molecule has 5 nitrogen and oxygen atoms in total. The van der Waals surface area contributed by atoms with Gasteiger partial charge in [-0.15, -0.1) is 0 Å². The molecule has 0 unspecified atom stereocenters. The normalized spacial score (nSPS) is 10.2. The maximum absolute atomic E-state index is 12.1. The smallest absolute Gasteiger partial charge is 0.306 e. The molecule has 1 amide bonds. The van der Waals surface area contributed by atoms with Gasteiger partial charge < -0.3 is 9.64 Å². The number of amides is 1. The van der Waals surface area contributed by atoms with E-state index in [4.69, 9.17) is 4.74 Å². The van der Waals surface area contributed by atoms with Crippen molar-refractivity contribution in [3.8, 4) is 0 Å². The number of hydrogen-bond acceptors (Lipinski definition) is 4. The van der Waals surface area contributed by atoms with Gasteiger partial charge in [0.05, 0.1) is 6.42 Å². The minimum atomic E-state index is -0.545. The van der Waals surface area contributed by atoms with E-state index in [1.54, 1.807) is 11.0 Å². The summed E-state index contributed by atoms with van der Waals surface area (Å²) < 4.78 is 4.99. The Morgan fingerprint density at radius 1 is 1.12 bits per heavy atom. The van der Waals surface area contributed by atoms with Gasteiger partial charge in [0.2, 0.25) is 0 Å². The van der Waals surface area contributed by atoms with E-state index in [1.165, 1.54) is 0 Å². The highest BCUT2D eigenvalue weighted by molar-refractivity contribution is 5.97. The molecule has 1 aromatic rings.